The minimum absolute atomic E-state index is 0.0690. The molecule has 0 saturated heterocycles. The van der Waals surface area contributed by atoms with Crippen molar-refractivity contribution in [1.82, 2.24) is 10.2 Å². The average molecular weight is 311 g/mol. The number of primary amides is 1. The van der Waals surface area contributed by atoms with Gasteiger partial charge in [-0.3, -0.25) is 9.59 Å². The summed E-state index contributed by atoms with van der Waals surface area (Å²) in [6.07, 6.45) is 0. The molecule has 5 nitrogen and oxygen atoms in total. The van der Waals surface area contributed by atoms with Crippen LogP contribution >= 0.6 is 0 Å². The summed E-state index contributed by atoms with van der Waals surface area (Å²) in [4.78, 5) is 25.5. The van der Waals surface area contributed by atoms with Crippen molar-refractivity contribution in [2.75, 3.05) is 20.6 Å². The van der Waals surface area contributed by atoms with Gasteiger partial charge in [0.1, 0.15) is 0 Å². The van der Waals surface area contributed by atoms with Crippen LogP contribution in [0.4, 0.5) is 0 Å². The van der Waals surface area contributed by atoms with Crippen LogP contribution in [0.25, 0.3) is 0 Å². The second-order valence-corrected chi connectivity index (χ2v) is 5.55. The van der Waals surface area contributed by atoms with Crippen molar-refractivity contribution in [1.29, 1.82) is 0 Å². The first kappa shape index (κ1) is 16.7. The monoisotopic (exact) mass is 311 g/mol. The van der Waals surface area contributed by atoms with Gasteiger partial charge in [0.15, 0.2) is 0 Å². The van der Waals surface area contributed by atoms with Crippen LogP contribution in [0.15, 0.2) is 54.6 Å². The predicted octanol–water partition coefficient (Wildman–Crippen LogP) is 1.82. The standard InChI is InChI=1S/C18H21N3O2/c1-21(2)16(13-7-4-3-5-8-13)12-20-18(23)15-10-6-9-14(11-15)17(19)22/h3-11,16H,12H2,1-2H3,(H2,19,22)(H,20,23). The van der Waals surface area contributed by atoms with Crippen LogP contribution in [-0.4, -0.2) is 37.4 Å². The Bertz CT molecular complexity index is 684. The topological polar surface area (TPSA) is 75.4 Å². The molecule has 0 aliphatic heterocycles. The second kappa shape index (κ2) is 7.56. The summed E-state index contributed by atoms with van der Waals surface area (Å²) >= 11 is 0. The van der Waals surface area contributed by atoms with E-state index in [1.165, 1.54) is 6.07 Å². The maximum atomic E-state index is 12.3. The van der Waals surface area contributed by atoms with Gasteiger partial charge < -0.3 is 16.0 Å². The van der Waals surface area contributed by atoms with Gasteiger partial charge >= 0.3 is 0 Å². The van der Waals surface area contributed by atoms with Crippen molar-refractivity contribution in [3.8, 4) is 0 Å². The van der Waals surface area contributed by atoms with Crippen molar-refractivity contribution in [2.24, 2.45) is 5.73 Å². The molecule has 2 amide bonds. The minimum atomic E-state index is -0.546. The number of hydrogen-bond donors (Lipinski definition) is 2. The third kappa shape index (κ3) is 4.40. The number of nitrogens with two attached hydrogens (primary N) is 1. The molecule has 0 aromatic heterocycles. The highest BCUT2D eigenvalue weighted by Gasteiger charge is 2.16. The minimum Gasteiger partial charge on any atom is -0.366 e. The maximum Gasteiger partial charge on any atom is 0.251 e. The van der Waals surface area contributed by atoms with Crippen molar-refractivity contribution >= 4 is 11.8 Å². The number of rotatable bonds is 6. The molecule has 23 heavy (non-hydrogen) atoms. The fourth-order valence-electron chi connectivity index (χ4n) is 2.38. The van der Waals surface area contributed by atoms with Crippen LogP contribution in [-0.2, 0) is 0 Å². The zero-order valence-corrected chi connectivity index (χ0v) is 13.3. The van der Waals surface area contributed by atoms with E-state index in [-0.39, 0.29) is 11.9 Å². The second-order valence-electron chi connectivity index (χ2n) is 5.55. The Morgan fingerprint density at radius 1 is 1.04 bits per heavy atom. The lowest BCUT2D eigenvalue weighted by molar-refractivity contribution is 0.0942. The Morgan fingerprint density at radius 3 is 2.30 bits per heavy atom. The molecule has 0 saturated carbocycles. The zero-order chi connectivity index (χ0) is 16.8. The molecule has 0 spiro atoms. The lowest BCUT2D eigenvalue weighted by Crippen LogP contribution is -2.34. The van der Waals surface area contributed by atoms with Crippen LogP contribution in [0, 0.1) is 0 Å². The first-order valence-electron chi connectivity index (χ1n) is 7.38. The van der Waals surface area contributed by atoms with E-state index in [1.807, 2.05) is 44.4 Å². The van der Waals surface area contributed by atoms with Gasteiger partial charge in [0.2, 0.25) is 5.91 Å². The summed E-state index contributed by atoms with van der Waals surface area (Å²) < 4.78 is 0. The highest BCUT2D eigenvalue weighted by molar-refractivity contribution is 5.99. The number of nitrogens with one attached hydrogen (secondary N) is 1. The molecule has 0 radical (unpaired) electrons. The molecular formula is C18H21N3O2. The molecule has 120 valence electrons. The summed E-state index contributed by atoms with van der Waals surface area (Å²) in [5.74, 6) is -0.772. The number of benzene rings is 2. The molecule has 0 aliphatic carbocycles. The van der Waals surface area contributed by atoms with E-state index in [0.29, 0.717) is 17.7 Å². The number of nitrogens with zero attached hydrogens (tertiary/aromatic N) is 1. The van der Waals surface area contributed by atoms with Crippen LogP contribution in [0.5, 0.6) is 0 Å². The molecule has 2 aromatic carbocycles. The lowest BCUT2D eigenvalue weighted by atomic mass is 10.1. The Balaban J connectivity index is 2.08. The van der Waals surface area contributed by atoms with E-state index < -0.39 is 5.91 Å². The van der Waals surface area contributed by atoms with Gasteiger partial charge in [0, 0.05) is 17.7 Å². The molecule has 0 aliphatic rings. The Labute approximate surface area is 136 Å². The van der Waals surface area contributed by atoms with Crippen molar-refractivity contribution in [3.63, 3.8) is 0 Å². The fraction of sp³-hybridized carbons (Fsp3) is 0.222. The first-order valence-corrected chi connectivity index (χ1v) is 7.38. The van der Waals surface area contributed by atoms with E-state index in [1.54, 1.807) is 18.2 Å². The molecule has 0 bridgehead atoms. The van der Waals surface area contributed by atoms with Gasteiger partial charge in [-0.2, -0.15) is 0 Å². The molecule has 1 atom stereocenters. The van der Waals surface area contributed by atoms with E-state index in [4.69, 9.17) is 5.73 Å². The molecule has 1 unspecified atom stereocenters. The quantitative estimate of drug-likeness (QED) is 0.854. The number of carbonyl (C=O) groups excluding carboxylic acids is 2. The van der Waals surface area contributed by atoms with Gasteiger partial charge in [-0.05, 0) is 37.9 Å². The Kier molecular flexibility index (Phi) is 5.49. The zero-order valence-electron chi connectivity index (χ0n) is 13.3. The van der Waals surface area contributed by atoms with Crippen molar-refractivity contribution in [2.45, 2.75) is 6.04 Å². The predicted molar refractivity (Wildman–Crippen MR) is 90.2 cm³/mol. The lowest BCUT2D eigenvalue weighted by Gasteiger charge is -2.25. The Morgan fingerprint density at radius 2 is 1.70 bits per heavy atom. The normalized spacial score (nSPS) is 12.0. The van der Waals surface area contributed by atoms with Gasteiger partial charge in [-0.25, -0.2) is 0 Å². The molecule has 3 N–H and O–H groups in total. The van der Waals surface area contributed by atoms with Crippen molar-refractivity contribution in [3.05, 3.63) is 71.3 Å². The summed E-state index contributed by atoms with van der Waals surface area (Å²) in [7, 11) is 3.94. The van der Waals surface area contributed by atoms with Gasteiger partial charge in [-0.15, -0.1) is 0 Å². The van der Waals surface area contributed by atoms with Gasteiger partial charge in [-0.1, -0.05) is 36.4 Å². The summed E-state index contributed by atoms with van der Waals surface area (Å²) in [6.45, 7) is 0.469. The maximum absolute atomic E-state index is 12.3. The van der Waals surface area contributed by atoms with Crippen molar-refractivity contribution < 1.29 is 9.59 Å². The molecule has 0 fully saturated rings. The number of carbonyl (C=O) groups is 2. The molecule has 0 heterocycles. The summed E-state index contributed by atoms with van der Waals surface area (Å²) in [5.41, 5.74) is 7.12. The van der Waals surface area contributed by atoms with E-state index in [9.17, 15) is 9.59 Å². The van der Waals surface area contributed by atoms with Gasteiger partial charge in [0.25, 0.3) is 5.91 Å². The van der Waals surface area contributed by atoms with E-state index >= 15 is 0 Å². The number of likely N-dealkylation sites (N-methyl/N-ethyl adjacent to an activating group) is 1. The molecule has 2 aromatic rings. The molecule has 5 heteroatoms. The third-order valence-electron chi connectivity index (χ3n) is 3.67. The van der Waals surface area contributed by atoms with Crippen LogP contribution in [0.3, 0.4) is 0 Å². The van der Waals surface area contributed by atoms with Gasteiger partial charge in [0.05, 0.1) is 6.04 Å². The largest absolute Gasteiger partial charge is 0.366 e. The Hall–Kier alpha value is -2.66. The SMILES string of the molecule is CN(C)C(CNC(=O)c1cccc(C(N)=O)c1)c1ccccc1. The van der Waals surface area contributed by atoms with Crippen LogP contribution in [0.1, 0.15) is 32.3 Å². The third-order valence-corrected chi connectivity index (χ3v) is 3.67. The van der Waals surface area contributed by atoms with E-state index in [0.717, 1.165) is 5.56 Å². The molecule has 2 rings (SSSR count). The average Bonchev–Trinajstić information content (AvgIpc) is 2.55. The van der Waals surface area contributed by atoms with Crippen LogP contribution < -0.4 is 11.1 Å². The first-order chi connectivity index (χ1) is 11.0. The highest BCUT2D eigenvalue weighted by atomic mass is 16.2. The number of amides is 2. The van der Waals surface area contributed by atoms with E-state index in [2.05, 4.69) is 10.2 Å². The highest BCUT2D eigenvalue weighted by Crippen LogP contribution is 2.17. The summed E-state index contributed by atoms with van der Waals surface area (Å²) in [5, 5.41) is 2.91. The summed E-state index contributed by atoms with van der Waals surface area (Å²) in [6, 6.07) is 16.5. The molecular weight excluding hydrogens is 290 g/mol. The fourth-order valence-corrected chi connectivity index (χ4v) is 2.38. The van der Waals surface area contributed by atoms with Crippen LogP contribution in [0.2, 0.25) is 0 Å². The number of hydrogen-bond acceptors (Lipinski definition) is 3. The smallest absolute Gasteiger partial charge is 0.251 e.